The number of aryl methyl sites for hydroxylation is 1. The monoisotopic (exact) mass is 466 g/mol. The Bertz CT molecular complexity index is 1200. The van der Waals surface area contributed by atoms with E-state index in [0.29, 0.717) is 32.8 Å². The van der Waals surface area contributed by atoms with Crippen LogP contribution in [0.15, 0.2) is 66.2 Å². The minimum Gasteiger partial charge on any atom is -0.497 e. The molecule has 1 N–H and O–H groups in total. The van der Waals surface area contributed by atoms with Crippen molar-refractivity contribution < 1.29 is 14.3 Å². The zero-order chi connectivity index (χ0) is 23.1. The maximum Gasteiger partial charge on any atom is 0.266 e. The van der Waals surface area contributed by atoms with E-state index >= 15 is 0 Å². The molecule has 162 valence electrons. The van der Waals surface area contributed by atoms with Crippen molar-refractivity contribution in [3.05, 3.63) is 93.0 Å². The van der Waals surface area contributed by atoms with Crippen molar-refractivity contribution in [1.82, 2.24) is 0 Å². The maximum absolute atomic E-state index is 12.6. The van der Waals surface area contributed by atoms with Gasteiger partial charge in [0.15, 0.2) is 0 Å². The number of carbonyl (C=O) groups is 1. The molecule has 0 bridgehead atoms. The summed E-state index contributed by atoms with van der Waals surface area (Å²) < 4.78 is 11.2. The van der Waals surface area contributed by atoms with E-state index in [2.05, 4.69) is 5.32 Å². The second-order valence-electron chi connectivity index (χ2n) is 6.92. The minimum atomic E-state index is -0.515. The van der Waals surface area contributed by atoms with E-state index in [9.17, 15) is 10.1 Å². The number of methoxy groups -OCH3 is 1. The summed E-state index contributed by atoms with van der Waals surface area (Å²) in [5.41, 5.74) is 2.90. The molecule has 0 spiro atoms. The zero-order valence-corrected chi connectivity index (χ0v) is 19.0. The summed E-state index contributed by atoms with van der Waals surface area (Å²) in [7, 11) is 1.54. The van der Waals surface area contributed by atoms with Gasteiger partial charge in [0.1, 0.15) is 29.7 Å². The number of nitriles is 1. The molecule has 0 aromatic heterocycles. The molecule has 0 aliphatic rings. The average Bonchev–Trinajstić information content (AvgIpc) is 2.78. The van der Waals surface area contributed by atoms with E-state index in [4.69, 9.17) is 32.7 Å². The number of anilines is 1. The molecule has 0 atom stereocenters. The number of nitrogens with zero attached hydrogens (tertiary/aromatic N) is 1. The molecule has 3 aromatic rings. The van der Waals surface area contributed by atoms with Gasteiger partial charge in [0.2, 0.25) is 0 Å². The first-order chi connectivity index (χ1) is 15.4. The van der Waals surface area contributed by atoms with Crippen molar-refractivity contribution in [3.8, 4) is 17.6 Å². The lowest BCUT2D eigenvalue weighted by Gasteiger charge is -2.13. The van der Waals surface area contributed by atoms with Gasteiger partial charge in [-0.05, 0) is 49.4 Å². The van der Waals surface area contributed by atoms with Crippen LogP contribution >= 0.6 is 23.2 Å². The van der Waals surface area contributed by atoms with Crippen molar-refractivity contribution >= 4 is 40.9 Å². The van der Waals surface area contributed by atoms with Crippen molar-refractivity contribution in [3.63, 3.8) is 0 Å². The third-order valence-corrected chi connectivity index (χ3v) is 5.18. The SMILES string of the molecule is COc1ccc(/C=C(\C#N)C(=O)Nc2ccc(C)cc2)c(OCc2ccc(Cl)cc2Cl)c1. The number of rotatable bonds is 7. The van der Waals surface area contributed by atoms with Gasteiger partial charge in [0.05, 0.1) is 7.11 Å². The third-order valence-electron chi connectivity index (χ3n) is 4.59. The second kappa shape index (κ2) is 10.7. The van der Waals surface area contributed by atoms with Crippen LogP contribution in [0.1, 0.15) is 16.7 Å². The summed E-state index contributed by atoms with van der Waals surface area (Å²) in [6.07, 6.45) is 1.47. The molecule has 1 amide bonds. The number of hydrogen-bond acceptors (Lipinski definition) is 4. The summed E-state index contributed by atoms with van der Waals surface area (Å²) >= 11 is 12.2. The van der Waals surface area contributed by atoms with E-state index in [1.54, 1.807) is 55.6 Å². The minimum absolute atomic E-state index is 0.0647. The molecule has 0 heterocycles. The second-order valence-corrected chi connectivity index (χ2v) is 7.76. The predicted octanol–water partition coefficient (Wildman–Crippen LogP) is 6.44. The van der Waals surface area contributed by atoms with Gasteiger partial charge < -0.3 is 14.8 Å². The molecule has 0 saturated heterocycles. The fourth-order valence-corrected chi connectivity index (χ4v) is 3.28. The van der Waals surface area contributed by atoms with Crippen molar-refractivity contribution in [2.45, 2.75) is 13.5 Å². The van der Waals surface area contributed by atoms with Crippen molar-refractivity contribution in [2.24, 2.45) is 0 Å². The third kappa shape index (κ3) is 6.04. The zero-order valence-electron chi connectivity index (χ0n) is 17.5. The first-order valence-electron chi connectivity index (χ1n) is 9.64. The Balaban J connectivity index is 1.86. The predicted molar refractivity (Wildman–Crippen MR) is 127 cm³/mol. The number of ether oxygens (including phenoxy) is 2. The largest absolute Gasteiger partial charge is 0.497 e. The van der Waals surface area contributed by atoms with Gasteiger partial charge in [-0.25, -0.2) is 0 Å². The standard InChI is InChI=1S/C25H20Cl2N2O3/c1-16-3-8-21(9-4-16)29-25(30)19(14-28)11-17-6-10-22(31-2)13-24(17)32-15-18-5-7-20(26)12-23(18)27/h3-13H,15H2,1-2H3,(H,29,30)/b19-11+. The number of benzene rings is 3. The lowest BCUT2D eigenvalue weighted by molar-refractivity contribution is -0.112. The fraction of sp³-hybridized carbons (Fsp3) is 0.120. The molecule has 0 radical (unpaired) electrons. The van der Waals surface area contributed by atoms with Crippen LogP contribution in [-0.2, 0) is 11.4 Å². The van der Waals surface area contributed by atoms with Gasteiger partial charge in [-0.15, -0.1) is 0 Å². The van der Waals surface area contributed by atoms with Crippen LogP contribution in [0.25, 0.3) is 6.08 Å². The molecular weight excluding hydrogens is 447 g/mol. The Kier molecular flexibility index (Phi) is 7.77. The molecule has 0 unspecified atom stereocenters. The Morgan fingerprint density at radius 1 is 1.09 bits per heavy atom. The van der Waals surface area contributed by atoms with Gasteiger partial charge in [-0.2, -0.15) is 5.26 Å². The van der Waals surface area contributed by atoms with Gasteiger partial charge >= 0.3 is 0 Å². The average molecular weight is 467 g/mol. The summed E-state index contributed by atoms with van der Waals surface area (Å²) in [5, 5.41) is 13.3. The lowest BCUT2D eigenvalue weighted by Crippen LogP contribution is -2.13. The van der Waals surface area contributed by atoms with Crippen LogP contribution in [0.3, 0.4) is 0 Å². The number of hydrogen-bond donors (Lipinski definition) is 1. The van der Waals surface area contributed by atoms with E-state index < -0.39 is 5.91 Å². The Hall–Kier alpha value is -3.46. The maximum atomic E-state index is 12.6. The van der Waals surface area contributed by atoms with Gasteiger partial charge in [-0.3, -0.25) is 4.79 Å². The lowest BCUT2D eigenvalue weighted by atomic mass is 10.1. The summed E-state index contributed by atoms with van der Waals surface area (Å²) in [4.78, 5) is 12.6. The summed E-state index contributed by atoms with van der Waals surface area (Å²) in [6, 6.07) is 19.5. The quantitative estimate of drug-likeness (QED) is 0.321. The van der Waals surface area contributed by atoms with Crippen LogP contribution in [-0.4, -0.2) is 13.0 Å². The summed E-state index contributed by atoms with van der Waals surface area (Å²) in [6.45, 7) is 2.12. The molecule has 3 rings (SSSR count). The first kappa shape index (κ1) is 23.2. The number of carbonyl (C=O) groups excluding carboxylic acids is 1. The summed E-state index contributed by atoms with van der Waals surface area (Å²) in [5.74, 6) is 0.493. The molecule has 0 saturated carbocycles. The van der Waals surface area contributed by atoms with Crippen LogP contribution in [0.4, 0.5) is 5.69 Å². The van der Waals surface area contributed by atoms with Gasteiger partial charge in [-0.1, -0.05) is 47.0 Å². The van der Waals surface area contributed by atoms with Crippen LogP contribution in [0.5, 0.6) is 11.5 Å². The molecular formula is C25H20Cl2N2O3. The molecule has 0 aliphatic carbocycles. The highest BCUT2D eigenvalue weighted by Gasteiger charge is 2.13. The number of halogens is 2. The van der Waals surface area contributed by atoms with E-state index in [1.165, 1.54) is 6.08 Å². The Morgan fingerprint density at radius 3 is 2.50 bits per heavy atom. The Morgan fingerprint density at radius 2 is 1.84 bits per heavy atom. The molecule has 0 aliphatic heterocycles. The first-order valence-corrected chi connectivity index (χ1v) is 10.4. The van der Waals surface area contributed by atoms with Gasteiger partial charge in [0.25, 0.3) is 5.91 Å². The normalized spacial score (nSPS) is 10.9. The van der Waals surface area contributed by atoms with E-state index in [-0.39, 0.29) is 12.2 Å². The highest BCUT2D eigenvalue weighted by Crippen LogP contribution is 2.29. The van der Waals surface area contributed by atoms with Crippen molar-refractivity contribution in [1.29, 1.82) is 5.26 Å². The Labute approximate surface area is 196 Å². The van der Waals surface area contributed by atoms with E-state index in [1.807, 2.05) is 25.1 Å². The van der Waals surface area contributed by atoms with Crippen LogP contribution in [0, 0.1) is 18.3 Å². The number of amides is 1. The van der Waals surface area contributed by atoms with Crippen molar-refractivity contribution in [2.75, 3.05) is 12.4 Å². The number of nitrogens with one attached hydrogen (secondary N) is 1. The fourth-order valence-electron chi connectivity index (χ4n) is 2.82. The highest BCUT2D eigenvalue weighted by atomic mass is 35.5. The molecule has 5 nitrogen and oxygen atoms in total. The molecule has 32 heavy (non-hydrogen) atoms. The molecule has 7 heteroatoms. The molecule has 3 aromatic carbocycles. The van der Waals surface area contributed by atoms with Crippen LogP contribution in [0.2, 0.25) is 10.0 Å². The van der Waals surface area contributed by atoms with Crippen LogP contribution < -0.4 is 14.8 Å². The smallest absolute Gasteiger partial charge is 0.266 e. The topological polar surface area (TPSA) is 71.3 Å². The molecule has 0 fully saturated rings. The van der Waals surface area contributed by atoms with Gasteiger partial charge in [0, 0.05) is 32.9 Å². The highest BCUT2D eigenvalue weighted by molar-refractivity contribution is 6.35. The van der Waals surface area contributed by atoms with E-state index in [0.717, 1.165) is 11.1 Å².